The normalized spacial score (nSPS) is 12.2. The molecule has 0 aliphatic heterocycles. The number of carbonyl (C=O) groups is 1. The molecule has 0 saturated heterocycles. The van der Waals surface area contributed by atoms with Gasteiger partial charge in [-0.15, -0.1) is 0 Å². The lowest BCUT2D eigenvalue weighted by molar-refractivity contribution is 0.0922. The molecule has 0 aliphatic rings. The first-order valence-electron chi connectivity index (χ1n) is 4.74. The lowest BCUT2D eigenvalue weighted by Crippen LogP contribution is -2.34. The molecule has 4 heteroatoms. The average Bonchev–Trinajstić information content (AvgIpc) is 2.29. The third-order valence-electron chi connectivity index (χ3n) is 2.02. The zero-order chi connectivity index (χ0) is 11.3. The highest BCUT2D eigenvalue weighted by Crippen LogP contribution is 2.07. The van der Waals surface area contributed by atoms with Gasteiger partial charge in [-0.1, -0.05) is 28.1 Å². The second kappa shape index (κ2) is 5.88. The molecule has 1 aromatic carbocycles. The maximum atomic E-state index is 11.6. The highest BCUT2D eigenvalue weighted by Gasteiger charge is 2.08. The minimum absolute atomic E-state index is 0.0504. The summed E-state index contributed by atoms with van der Waals surface area (Å²) in [5.74, 6) is -0.155. The van der Waals surface area contributed by atoms with Crippen LogP contribution in [0.15, 0.2) is 24.3 Å². The van der Waals surface area contributed by atoms with Crippen LogP contribution in [0.2, 0.25) is 0 Å². The van der Waals surface area contributed by atoms with Gasteiger partial charge in [0.15, 0.2) is 0 Å². The number of hydrogen-bond acceptors (Lipinski definition) is 2. The molecule has 0 heterocycles. The van der Waals surface area contributed by atoms with E-state index >= 15 is 0 Å². The van der Waals surface area contributed by atoms with E-state index in [0.717, 1.165) is 10.9 Å². The van der Waals surface area contributed by atoms with E-state index in [9.17, 15) is 4.79 Å². The molecule has 0 aromatic heterocycles. The van der Waals surface area contributed by atoms with Crippen molar-refractivity contribution in [2.45, 2.75) is 18.3 Å². The van der Waals surface area contributed by atoms with Crippen molar-refractivity contribution in [1.29, 1.82) is 0 Å². The fourth-order valence-electron chi connectivity index (χ4n) is 1.10. The number of amides is 1. The molecule has 1 aromatic rings. The summed E-state index contributed by atoms with van der Waals surface area (Å²) in [5.41, 5.74) is 1.74. The van der Waals surface area contributed by atoms with Crippen LogP contribution < -0.4 is 5.32 Å². The first kappa shape index (κ1) is 12.2. The van der Waals surface area contributed by atoms with E-state index in [0.29, 0.717) is 5.56 Å². The van der Waals surface area contributed by atoms with Gasteiger partial charge in [0.1, 0.15) is 0 Å². The van der Waals surface area contributed by atoms with Crippen LogP contribution >= 0.6 is 15.9 Å². The number of benzene rings is 1. The zero-order valence-electron chi connectivity index (χ0n) is 8.53. The summed E-state index contributed by atoms with van der Waals surface area (Å²) in [4.78, 5) is 11.6. The Kier molecular flexibility index (Phi) is 4.78. The Morgan fingerprint density at radius 3 is 2.53 bits per heavy atom. The van der Waals surface area contributed by atoms with Crippen LogP contribution in [0.5, 0.6) is 0 Å². The van der Waals surface area contributed by atoms with E-state index in [4.69, 9.17) is 5.11 Å². The van der Waals surface area contributed by atoms with Crippen molar-refractivity contribution in [2.24, 2.45) is 0 Å². The predicted molar refractivity (Wildman–Crippen MR) is 63.1 cm³/mol. The molecular formula is C11H14BrNO2. The Morgan fingerprint density at radius 1 is 1.47 bits per heavy atom. The van der Waals surface area contributed by atoms with Crippen molar-refractivity contribution in [3.63, 3.8) is 0 Å². The SMILES string of the molecule is C[C@@H](CO)NC(=O)c1ccc(CBr)cc1. The Balaban J connectivity index is 2.66. The van der Waals surface area contributed by atoms with Crippen LogP contribution in [0.1, 0.15) is 22.8 Å². The average molecular weight is 272 g/mol. The van der Waals surface area contributed by atoms with E-state index in [2.05, 4.69) is 21.2 Å². The Morgan fingerprint density at radius 2 is 2.07 bits per heavy atom. The van der Waals surface area contributed by atoms with Crippen LogP contribution in [-0.2, 0) is 5.33 Å². The summed E-state index contributed by atoms with van der Waals surface area (Å²) in [6.07, 6.45) is 0. The van der Waals surface area contributed by atoms with Gasteiger partial charge in [0.05, 0.1) is 6.61 Å². The molecule has 2 N–H and O–H groups in total. The highest BCUT2D eigenvalue weighted by atomic mass is 79.9. The van der Waals surface area contributed by atoms with Gasteiger partial charge in [-0.3, -0.25) is 4.79 Å². The second-order valence-corrected chi connectivity index (χ2v) is 3.95. The molecule has 1 amide bonds. The topological polar surface area (TPSA) is 49.3 Å². The van der Waals surface area contributed by atoms with Gasteiger partial charge in [0, 0.05) is 16.9 Å². The van der Waals surface area contributed by atoms with Gasteiger partial charge in [-0.25, -0.2) is 0 Å². The van der Waals surface area contributed by atoms with Crippen molar-refractivity contribution in [2.75, 3.05) is 6.61 Å². The molecule has 15 heavy (non-hydrogen) atoms. The van der Waals surface area contributed by atoms with Gasteiger partial charge in [-0.05, 0) is 24.6 Å². The van der Waals surface area contributed by atoms with E-state index < -0.39 is 0 Å². The minimum Gasteiger partial charge on any atom is -0.394 e. The number of hydrogen-bond donors (Lipinski definition) is 2. The highest BCUT2D eigenvalue weighted by molar-refractivity contribution is 9.08. The van der Waals surface area contributed by atoms with Gasteiger partial charge < -0.3 is 10.4 Å². The monoisotopic (exact) mass is 271 g/mol. The number of aliphatic hydroxyl groups is 1. The number of rotatable bonds is 4. The Hall–Kier alpha value is -0.870. The van der Waals surface area contributed by atoms with Gasteiger partial charge in [0.25, 0.3) is 5.91 Å². The number of alkyl halides is 1. The van der Waals surface area contributed by atoms with Crippen molar-refractivity contribution >= 4 is 21.8 Å². The third-order valence-corrected chi connectivity index (χ3v) is 2.67. The number of halogens is 1. The van der Waals surface area contributed by atoms with E-state index in [1.54, 1.807) is 19.1 Å². The van der Waals surface area contributed by atoms with E-state index in [1.807, 2.05) is 12.1 Å². The molecule has 1 rings (SSSR count). The van der Waals surface area contributed by atoms with Crippen LogP contribution in [-0.4, -0.2) is 23.7 Å². The van der Waals surface area contributed by atoms with Crippen molar-refractivity contribution in [3.05, 3.63) is 35.4 Å². The summed E-state index contributed by atoms with van der Waals surface area (Å²) in [5, 5.41) is 12.3. The van der Waals surface area contributed by atoms with Crippen molar-refractivity contribution < 1.29 is 9.90 Å². The molecule has 0 fully saturated rings. The fraction of sp³-hybridized carbons (Fsp3) is 0.364. The van der Waals surface area contributed by atoms with Gasteiger partial charge in [-0.2, -0.15) is 0 Å². The summed E-state index contributed by atoms with van der Waals surface area (Å²) in [6, 6.07) is 7.13. The molecule has 3 nitrogen and oxygen atoms in total. The quantitative estimate of drug-likeness (QED) is 0.819. The largest absolute Gasteiger partial charge is 0.394 e. The van der Waals surface area contributed by atoms with Gasteiger partial charge >= 0.3 is 0 Å². The lowest BCUT2D eigenvalue weighted by Gasteiger charge is -2.10. The minimum atomic E-state index is -0.214. The molecule has 0 bridgehead atoms. The summed E-state index contributed by atoms with van der Waals surface area (Å²) < 4.78 is 0. The first-order valence-corrected chi connectivity index (χ1v) is 5.86. The van der Waals surface area contributed by atoms with Crippen LogP contribution in [0.25, 0.3) is 0 Å². The molecule has 82 valence electrons. The van der Waals surface area contributed by atoms with Crippen molar-refractivity contribution in [1.82, 2.24) is 5.32 Å². The standard InChI is InChI=1S/C11H14BrNO2/c1-8(7-14)13-11(15)10-4-2-9(6-12)3-5-10/h2-5,8,14H,6-7H2,1H3,(H,13,15)/t8-/m0/s1. The molecule has 0 aliphatic carbocycles. The predicted octanol–water partition coefficient (Wildman–Crippen LogP) is 1.69. The second-order valence-electron chi connectivity index (χ2n) is 3.39. The zero-order valence-corrected chi connectivity index (χ0v) is 10.1. The number of carbonyl (C=O) groups excluding carboxylic acids is 1. The third kappa shape index (κ3) is 3.64. The fourth-order valence-corrected chi connectivity index (χ4v) is 1.47. The van der Waals surface area contributed by atoms with Crippen LogP contribution in [0, 0.1) is 0 Å². The summed E-state index contributed by atoms with van der Waals surface area (Å²) >= 11 is 3.34. The summed E-state index contributed by atoms with van der Waals surface area (Å²) in [7, 11) is 0. The maximum absolute atomic E-state index is 11.6. The first-order chi connectivity index (χ1) is 7.17. The van der Waals surface area contributed by atoms with Crippen molar-refractivity contribution in [3.8, 4) is 0 Å². The molecule has 0 saturated carbocycles. The maximum Gasteiger partial charge on any atom is 0.251 e. The van der Waals surface area contributed by atoms with E-state index in [1.165, 1.54) is 0 Å². The number of aliphatic hydroxyl groups excluding tert-OH is 1. The summed E-state index contributed by atoms with van der Waals surface area (Å²) in [6.45, 7) is 1.70. The molecule has 0 spiro atoms. The molecule has 0 radical (unpaired) electrons. The Bertz CT molecular complexity index is 324. The van der Waals surface area contributed by atoms with Crippen LogP contribution in [0.3, 0.4) is 0 Å². The smallest absolute Gasteiger partial charge is 0.251 e. The Labute approximate surface area is 97.6 Å². The molecular weight excluding hydrogens is 258 g/mol. The molecule has 0 unspecified atom stereocenters. The lowest BCUT2D eigenvalue weighted by atomic mass is 10.1. The number of nitrogens with one attached hydrogen (secondary N) is 1. The molecule has 1 atom stereocenters. The van der Waals surface area contributed by atoms with Crippen LogP contribution in [0.4, 0.5) is 0 Å². The van der Waals surface area contributed by atoms with Gasteiger partial charge in [0.2, 0.25) is 0 Å². The van der Waals surface area contributed by atoms with E-state index in [-0.39, 0.29) is 18.6 Å².